The predicted molar refractivity (Wildman–Crippen MR) is 74.7 cm³/mol. The lowest BCUT2D eigenvalue weighted by molar-refractivity contribution is -0.129. The van der Waals surface area contributed by atoms with Crippen molar-refractivity contribution in [1.82, 2.24) is 4.90 Å². The van der Waals surface area contributed by atoms with Crippen molar-refractivity contribution in [2.45, 2.75) is 13.0 Å². The highest BCUT2D eigenvalue weighted by Gasteiger charge is 2.10. The van der Waals surface area contributed by atoms with Gasteiger partial charge in [-0.15, -0.1) is 0 Å². The molecule has 0 aliphatic rings. The van der Waals surface area contributed by atoms with Crippen LogP contribution in [0.1, 0.15) is 11.1 Å². The zero-order valence-corrected chi connectivity index (χ0v) is 11.2. The van der Waals surface area contributed by atoms with Crippen molar-refractivity contribution in [3.05, 3.63) is 65.5 Å². The van der Waals surface area contributed by atoms with E-state index < -0.39 is 0 Å². The lowest BCUT2D eigenvalue weighted by Crippen LogP contribution is -2.27. The Labute approximate surface area is 117 Å². The summed E-state index contributed by atoms with van der Waals surface area (Å²) in [4.78, 5) is 13.6. The molecule has 0 fully saturated rings. The van der Waals surface area contributed by atoms with Crippen LogP contribution in [0.15, 0.2) is 48.5 Å². The summed E-state index contributed by atoms with van der Waals surface area (Å²) < 4.78 is 13.1. The SMILES string of the molecule is CN(Cc1ccc(O)cc1)C(=O)Cc1cccc(F)c1. The number of hydrogen-bond donors (Lipinski definition) is 1. The van der Waals surface area contributed by atoms with Crippen LogP contribution in [0.25, 0.3) is 0 Å². The van der Waals surface area contributed by atoms with Gasteiger partial charge in [-0.25, -0.2) is 4.39 Å². The first kappa shape index (κ1) is 14.1. The molecule has 1 amide bonds. The van der Waals surface area contributed by atoms with E-state index in [1.54, 1.807) is 48.3 Å². The van der Waals surface area contributed by atoms with E-state index in [2.05, 4.69) is 0 Å². The van der Waals surface area contributed by atoms with Crippen LogP contribution >= 0.6 is 0 Å². The molecule has 2 rings (SSSR count). The van der Waals surface area contributed by atoms with Crippen molar-refractivity contribution in [2.24, 2.45) is 0 Å². The lowest BCUT2D eigenvalue weighted by atomic mass is 10.1. The van der Waals surface area contributed by atoms with E-state index in [1.165, 1.54) is 12.1 Å². The average Bonchev–Trinajstić information content (AvgIpc) is 2.41. The second-order valence-electron chi connectivity index (χ2n) is 4.72. The predicted octanol–water partition coefficient (Wildman–Crippen LogP) is 2.73. The zero-order chi connectivity index (χ0) is 14.5. The molecule has 3 nitrogen and oxygen atoms in total. The third-order valence-electron chi connectivity index (χ3n) is 3.03. The molecule has 20 heavy (non-hydrogen) atoms. The molecule has 0 atom stereocenters. The van der Waals surface area contributed by atoms with Gasteiger partial charge in [0.25, 0.3) is 0 Å². The molecular formula is C16H16FNO2. The Kier molecular flexibility index (Phi) is 4.35. The third-order valence-corrected chi connectivity index (χ3v) is 3.03. The van der Waals surface area contributed by atoms with Gasteiger partial charge in [0.1, 0.15) is 11.6 Å². The van der Waals surface area contributed by atoms with Gasteiger partial charge in [-0.05, 0) is 35.4 Å². The molecular weight excluding hydrogens is 257 g/mol. The molecule has 0 saturated carbocycles. The molecule has 0 saturated heterocycles. The molecule has 0 spiro atoms. The van der Waals surface area contributed by atoms with Crippen molar-refractivity contribution in [3.8, 4) is 5.75 Å². The fourth-order valence-corrected chi connectivity index (χ4v) is 1.92. The van der Waals surface area contributed by atoms with Crippen LogP contribution in [0.4, 0.5) is 4.39 Å². The van der Waals surface area contributed by atoms with Gasteiger partial charge in [0.15, 0.2) is 0 Å². The number of carbonyl (C=O) groups excluding carboxylic acids is 1. The van der Waals surface area contributed by atoms with Crippen LogP contribution in [0, 0.1) is 5.82 Å². The van der Waals surface area contributed by atoms with Gasteiger partial charge in [0.05, 0.1) is 6.42 Å². The first-order valence-corrected chi connectivity index (χ1v) is 6.31. The maximum absolute atomic E-state index is 13.1. The Hall–Kier alpha value is -2.36. The Morgan fingerprint density at radius 2 is 1.85 bits per heavy atom. The van der Waals surface area contributed by atoms with E-state index in [0.29, 0.717) is 12.1 Å². The minimum Gasteiger partial charge on any atom is -0.508 e. The molecule has 104 valence electrons. The minimum atomic E-state index is -0.337. The molecule has 4 heteroatoms. The second kappa shape index (κ2) is 6.19. The summed E-state index contributed by atoms with van der Waals surface area (Å²) in [5.74, 6) is -0.220. The highest BCUT2D eigenvalue weighted by Crippen LogP contribution is 2.12. The van der Waals surface area contributed by atoms with Gasteiger partial charge in [-0.3, -0.25) is 4.79 Å². The van der Waals surface area contributed by atoms with Crippen LogP contribution in [-0.2, 0) is 17.8 Å². The Morgan fingerprint density at radius 1 is 1.15 bits per heavy atom. The fourth-order valence-electron chi connectivity index (χ4n) is 1.92. The number of halogens is 1. The largest absolute Gasteiger partial charge is 0.508 e. The molecule has 0 aromatic heterocycles. The van der Waals surface area contributed by atoms with E-state index in [4.69, 9.17) is 0 Å². The number of phenols is 1. The normalized spacial score (nSPS) is 10.3. The van der Waals surface area contributed by atoms with E-state index in [1.807, 2.05) is 0 Å². The molecule has 0 aliphatic heterocycles. The number of benzene rings is 2. The van der Waals surface area contributed by atoms with Crippen molar-refractivity contribution in [1.29, 1.82) is 0 Å². The number of hydrogen-bond acceptors (Lipinski definition) is 2. The first-order chi connectivity index (χ1) is 9.54. The third kappa shape index (κ3) is 3.82. The van der Waals surface area contributed by atoms with Gasteiger partial charge < -0.3 is 10.0 Å². The van der Waals surface area contributed by atoms with Crippen LogP contribution < -0.4 is 0 Å². The van der Waals surface area contributed by atoms with E-state index >= 15 is 0 Å². The molecule has 0 heterocycles. The number of aromatic hydroxyl groups is 1. The number of phenolic OH excluding ortho intramolecular Hbond substituents is 1. The number of likely N-dealkylation sites (N-methyl/N-ethyl adjacent to an activating group) is 1. The monoisotopic (exact) mass is 273 g/mol. The number of amides is 1. The average molecular weight is 273 g/mol. The number of nitrogens with zero attached hydrogens (tertiary/aromatic N) is 1. The molecule has 0 radical (unpaired) electrons. The molecule has 1 N–H and O–H groups in total. The van der Waals surface area contributed by atoms with Crippen LogP contribution in [0.2, 0.25) is 0 Å². The Morgan fingerprint density at radius 3 is 2.50 bits per heavy atom. The molecule has 2 aromatic rings. The first-order valence-electron chi connectivity index (χ1n) is 6.31. The zero-order valence-electron chi connectivity index (χ0n) is 11.2. The van der Waals surface area contributed by atoms with Crippen molar-refractivity contribution in [3.63, 3.8) is 0 Å². The van der Waals surface area contributed by atoms with E-state index in [9.17, 15) is 14.3 Å². The Balaban J connectivity index is 1.96. The van der Waals surface area contributed by atoms with Gasteiger partial charge in [-0.1, -0.05) is 24.3 Å². The van der Waals surface area contributed by atoms with E-state index in [0.717, 1.165) is 5.56 Å². The minimum absolute atomic E-state index is 0.0799. The highest BCUT2D eigenvalue weighted by atomic mass is 19.1. The molecule has 0 unspecified atom stereocenters. The maximum atomic E-state index is 13.1. The van der Waals surface area contributed by atoms with Crippen LogP contribution in [0.5, 0.6) is 5.75 Å². The van der Waals surface area contributed by atoms with Crippen molar-refractivity contribution in [2.75, 3.05) is 7.05 Å². The van der Waals surface area contributed by atoms with E-state index in [-0.39, 0.29) is 23.9 Å². The van der Waals surface area contributed by atoms with Gasteiger partial charge in [0, 0.05) is 13.6 Å². The van der Waals surface area contributed by atoms with Gasteiger partial charge >= 0.3 is 0 Å². The summed E-state index contributed by atoms with van der Waals surface area (Å²) in [7, 11) is 1.70. The summed E-state index contributed by atoms with van der Waals surface area (Å²) in [6.45, 7) is 0.453. The number of carbonyl (C=O) groups is 1. The lowest BCUT2D eigenvalue weighted by Gasteiger charge is -2.17. The molecule has 2 aromatic carbocycles. The van der Waals surface area contributed by atoms with Gasteiger partial charge in [-0.2, -0.15) is 0 Å². The topological polar surface area (TPSA) is 40.5 Å². The summed E-state index contributed by atoms with van der Waals surface area (Å²) in [6.07, 6.45) is 0.173. The highest BCUT2D eigenvalue weighted by molar-refractivity contribution is 5.78. The summed E-state index contributed by atoms with van der Waals surface area (Å²) >= 11 is 0. The van der Waals surface area contributed by atoms with Crippen molar-refractivity contribution < 1.29 is 14.3 Å². The summed E-state index contributed by atoms with van der Waals surface area (Å²) in [5.41, 5.74) is 1.59. The Bertz CT molecular complexity index is 596. The summed E-state index contributed by atoms with van der Waals surface area (Å²) in [5, 5.41) is 9.20. The smallest absolute Gasteiger partial charge is 0.227 e. The summed E-state index contributed by atoms with van der Waals surface area (Å²) in [6, 6.07) is 12.7. The fraction of sp³-hybridized carbons (Fsp3) is 0.188. The van der Waals surface area contributed by atoms with Crippen molar-refractivity contribution >= 4 is 5.91 Å². The maximum Gasteiger partial charge on any atom is 0.227 e. The quantitative estimate of drug-likeness (QED) is 0.930. The number of rotatable bonds is 4. The van der Waals surface area contributed by atoms with Gasteiger partial charge in [0.2, 0.25) is 5.91 Å². The molecule has 0 aliphatic carbocycles. The molecule has 0 bridgehead atoms. The standard InChI is InChI=1S/C16H16FNO2/c1-18(11-12-5-7-15(19)8-6-12)16(20)10-13-3-2-4-14(17)9-13/h2-9,19H,10-11H2,1H3. The second-order valence-corrected chi connectivity index (χ2v) is 4.72. The van der Waals surface area contributed by atoms with Crippen LogP contribution in [-0.4, -0.2) is 23.0 Å². The van der Waals surface area contributed by atoms with Crippen LogP contribution in [0.3, 0.4) is 0 Å².